The molecule has 0 spiro atoms. The number of aromatic nitrogens is 1. The number of fused-ring (bicyclic) bond motifs is 1. The van der Waals surface area contributed by atoms with Crippen molar-refractivity contribution in [3.63, 3.8) is 0 Å². The Labute approximate surface area is 145 Å². The molecule has 0 aliphatic carbocycles. The van der Waals surface area contributed by atoms with E-state index in [9.17, 15) is 4.79 Å². The first-order valence-electron chi connectivity index (χ1n) is 7.71. The summed E-state index contributed by atoms with van der Waals surface area (Å²) in [4.78, 5) is 15.7. The van der Waals surface area contributed by atoms with Crippen LogP contribution in [0.2, 0.25) is 5.02 Å². The number of benzene rings is 1. The lowest BCUT2D eigenvalue weighted by atomic mass is 10.1. The molecule has 2 N–H and O–H groups in total. The van der Waals surface area contributed by atoms with Crippen molar-refractivity contribution in [1.82, 2.24) is 15.6 Å². The number of carbonyl (C=O) groups is 1. The normalized spacial score (nSPS) is 12.5. The van der Waals surface area contributed by atoms with Gasteiger partial charge in [0.15, 0.2) is 11.5 Å². The molecular formula is C17H18ClN3O3. The summed E-state index contributed by atoms with van der Waals surface area (Å²) >= 11 is 6.20. The molecule has 0 radical (unpaired) electrons. The Morgan fingerprint density at radius 2 is 1.92 bits per heavy atom. The van der Waals surface area contributed by atoms with Crippen LogP contribution in [0.5, 0.6) is 11.5 Å². The molecule has 7 heteroatoms. The summed E-state index contributed by atoms with van der Waals surface area (Å²) in [5, 5.41) is 6.15. The number of urea groups is 1. The van der Waals surface area contributed by atoms with Crippen LogP contribution >= 0.6 is 11.6 Å². The van der Waals surface area contributed by atoms with Crippen LogP contribution in [0.3, 0.4) is 0 Å². The number of nitrogens with zero attached hydrogens (tertiary/aromatic N) is 1. The first-order chi connectivity index (χ1) is 11.7. The minimum atomic E-state index is -0.213. The molecule has 3 rings (SSSR count). The van der Waals surface area contributed by atoms with E-state index < -0.39 is 0 Å². The summed E-state index contributed by atoms with van der Waals surface area (Å²) in [5.41, 5.74) is 1.98. The Morgan fingerprint density at radius 1 is 1.12 bits per heavy atom. The molecule has 1 aromatic carbocycles. The highest BCUT2D eigenvalue weighted by atomic mass is 35.5. The van der Waals surface area contributed by atoms with Gasteiger partial charge >= 0.3 is 6.03 Å². The largest absolute Gasteiger partial charge is 0.486 e. The summed E-state index contributed by atoms with van der Waals surface area (Å²) in [5.74, 6) is 1.25. The molecule has 2 amide bonds. The number of pyridine rings is 1. The second-order valence-corrected chi connectivity index (χ2v) is 5.72. The van der Waals surface area contributed by atoms with Gasteiger partial charge in [0.2, 0.25) is 0 Å². The fourth-order valence-electron chi connectivity index (χ4n) is 2.37. The number of amides is 2. The van der Waals surface area contributed by atoms with E-state index in [1.54, 1.807) is 12.4 Å². The van der Waals surface area contributed by atoms with Crippen LogP contribution in [0.25, 0.3) is 0 Å². The second kappa shape index (κ2) is 7.88. The van der Waals surface area contributed by atoms with Gasteiger partial charge in [-0.05, 0) is 41.8 Å². The van der Waals surface area contributed by atoms with Crippen molar-refractivity contribution in [2.45, 2.75) is 13.0 Å². The maximum atomic E-state index is 11.8. The van der Waals surface area contributed by atoms with E-state index in [-0.39, 0.29) is 6.03 Å². The molecule has 0 saturated heterocycles. The predicted molar refractivity (Wildman–Crippen MR) is 90.6 cm³/mol. The number of nitrogens with one attached hydrogen (secondary N) is 2. The van der Waals surface area contributed by atoms with E-state index in [1.165, 1.54) is 0 Å². The molecule has 0 fully saturated rings. The maximum Gasteiger partial charge on any atom is 0.315 e. The second-order valence-electron chi connectivity index (χ2n) is 5.32. The molecular weight excluding hydrogens is 330 g/mol. The molecule has 1 aromatic heterocycles. The highest BCUT2D eigenvalue weighted by Crippen LogP contribution is 2.38. The molecule has 126 valence electrons. The van der Waals surface area contributed by atoms with Gasteiger partial charge in [-0.15, -0.1) is 0 Å². The standard InChI is InChI=1S/C17H18ClN3O3/c18-14-9-13(10-15-16(14)24-8-7-23-15)3-6-20-17(22)21-11-12-1-4-19-5-2-12/h1-2,4-5,9-10H,3,6-8,11H2,(H2,20,21,22). The predicted octanol–water partition coefficient (Wildman–Crippen LogP) is 2.55. The van der Waals surface area contributed by atoms with Crippen molar-refractivity contribution in [3.8, 4) is 11.5 Å². The molecule has 2 aromatic rings. The fourth-order valence-corrected chi connectivity index (χ4v) is 2.66. The topological polar surface area (TPSA) is 72.5 Å². The zero-order valence-corrected chi connectivity index (χ0v) is 13.8. The Balaban J connectivity index is 1.46. The van der Waals surface area contributed by atoms with Gasteiger partial charge < -0.3 is 20.1 Å². The quantitative estimate of drug-likeness (QED) is 0.871. The molecule has 0 saturated carbocycles. The number of carbonyl (C=O) groups excluding carboxylic acids is 1. The third kappa shape index (κ3) is 4.29. The third-order valence-corrected chi connectivity index (χ3v) is 3.84. The van der Waals surface area contributed by atoms with Crippen LogP contribution < -0.4 is 20.1 Å². The summed E-state index contributed by atoms with van der Waals surface area (Å²) in [6, 6.07) is 7.24. The zero-order chi connectivity index (χ0) is 16.8. The molecule has 24 heavy (non-hydrogen) atoms. The van der Waals surface area contributed by atoms with Crippen molar-refractivity contribution in [2.24, 2.45) is 0 Å². The van der Waals surface area contributed by atoms with Gasteiger partial charge in [0.05, 0.1) is 5.02 Å². The van der Waals surface area contributed by atoms with Gasteiger partial charge in [0.25, 0.3) is 0 Å². The average molecular weight is 348 g/mol. The maximum absolute atomic E-state index is 11.8. The third-order valence-electron chi connectivity index (χ3n) is 3.56. The van der Waals surface area contributed by atoms with E-state index in [1.807, 2.05) is 24.3 Å². The van der Waals surface area contributed by atoms with E-state index in [0.29, 0.717) is 49.2 Å². The molecule has 2 heterocycles. The Bertz CT molecular complexity index is 710. The summed E-state index contributed by atoms with van der Waals surface area (Å²) in [7, 11) is 0. The highest BCUT2D eigenvalue weighted by molar-refractivity contribution is 6.32. The summed E-state index contributed by atoms with van der Waals surface area (Å²) < 4.78 is 11.0. The van der Waals surface area contributed by atoms with Crippen molar-refractivity contribution in [2.75, 3.05) is 19.8 Å². The molecule has 0 bridgehead atoms. The van der Waals surface area contributed by atoms with Crippen LogP contribution in [0.1, 0.15) is 11.1 Å². The van der Waals surface area contributed by atoms with Crippen LogP contribution in [0, 0.1) is 0 Å². The molecule has 1 aliphatic heterocycles. The van der Waals surface area contributed by atoms with Gasteiger partial charge in [0.1, 0.15) is 13.2 Å². The van der Waals surface area contributed by atoms with Crippen molar-refractivity contribution in [1.29, 1.82) is 0 Å². The van der Waals surface area contributed by atoms with Crippen molar-refractivity contribution in [3.05, 3.63) is 52.8 Å². The monoisotopic (exact) mass is 347 g/mol. The number of rotatable bonds is 5. The molecule has 0 unspecified atom stereocenters. The van der Waals surface area contributed by atoms with Crippen LogP contribution in [-0.4, -0.2) is 30.8 Å². The lowest BCUT2D eigenvalue weighted by molar-refractivity contribution is 0.171. The minimum absolute atomic E-state index is 0.213. The van der Waals surface area contributed by atoms with Crippen molar-refractivity contribution >= 4 is 17.6 Å². The Kier molecular flexibility index (Phi) is 5.38. The van der Waals surface area contributed by atoms with Gasteiger partial charge in [-0.2, -0.15) is 0 Å². The van der Waals surface area contributed by atoms with Gasteiger partial charge in [-0.1, -0.05) is 11.6 Å². The smallest absolute Gasteiger partial charge is 0.315 e. The van der Waals surface area contributed by atoms with Crippen LogP contribution in [-0.2, 0) is 13.0 Å². The Morgan fingerprint density at radius 3 is 2.75 bits per heavy atom. The van der Waals surface area contributed by atoms with Crippen LogP contribution in [0.15, 0.2) is 36.7 Å². The van der Waals surface area contributed by atoms with Crippen molar-refractivity contribution < 1.29 is 14.3 Å². The first-order valence-corrected chi connectivity index (χ1v) is 8.09. The van der Waals surface area contributed by atoms with Gasteiger partial charge in [-0.25, -0.2) is 4.79 Å². The molecule has 6 nitrogen and oxygen atoms in total. The zero-order valence-electron chi connectivity index (χ0n) is 13.0. The summed E-state index contributed by atoms with van der Waals surface area (Å²) in [6.45, 7) is 1.98. The Hall–Kier alpha value is -2.47. The van der Waals surface area contributed by atoms with E-state index in [4.69, 9.17) is 21.1 Å². The number of halogens is 1. The van der Waals surface area contributed by atoms with E-state index in [0.717, 1.165) is 11.1 Å². The minimum Gasteiger partial charge on any atom is -0.486 e. The SMILES string of the molecule is O=C(NCCc1cc(Cl)c2c(c1)OCCO2)NCc1ccncc1. The number of ether oxygens (including phenoxy) is 2. The first kappa shape index (κ1) is 16.4. The highest BCUT2D eigenvalue weighted by Gasteiger charge is 2.16. The van der Waals surface area contributed by atoms with E-state index >= 15 is 0 Å². The van der Waals surface area contributed by atoms with Crippen LogP contribution in [0.4, 0.5) is 4.79 Å². The lowest BCUT2D eigenvalue weighted by Gasteiger charge is -2.20. The fraction of sp³-hybridized carbons (Fsp3) is 0.294. The number of hydrogen-bond donors (Lipinski definition) is 2. The van der Waals surface area contributed by atoms with Gasteiger partial charge in [-0.3, -0.25) is 4.98 Å². The van der Waals surface area contributed by atoms with Gasteiger partial charge in [0, 0.05) is 25.5 Å². The molecule has 1 aliphatic rings. The average Bonchev–Trinajstić information content (AvgIpc) is 2.61. The lowest BCUT2D eigenvalue weighted by Crippen LogP contribution is -2.36. The molecule has 0 atom stereocenters. The van der Waals surface area contributed by atoms with E-state index in [2.05, 4.69) is 15.6 Å². The summed E-state index contributed by atoms with van der Waals surface area (Å²) in [6.07, 6.45) is 4.04. The number of hydrogen-bond acceptors (Lipinski definition) is 4.